The molecule has 0 bridgehead atoms. The average Bonchev–Trinajstić information content (AvgIpc) is 3.15. The summed E-state index contributed by atoms with van der Waals surface area (Å²) in [5, 5.41) is 2.99. The number of benzene rings is 1. The van der Waals surface area contributed by atoms with Crippen LogP contribution in [0.1, 0.15) is 25.3 Å². The van der Waals surface area contributed by atoms with Gasteiger partial charge >= 0.3 is 0 Å². The maximum atomic E-state index is 12.8. The molecule has 0 aromatic heterocycles. The van der Waals surface area contributed by atoms with Gasteiger partial charge in [0, 0.05) is 12.6 Å². The van der Waals surface area contributed by atoms with Crippen molar-refractivity contribution in [3.63, 3.8) is 0 Å². The van der Waals surface area contributed by atoms with Crippen molar-refractivity contribution < 1.29 is 9.18 Å². The van der Waals surface area contributed by atoms with Gasteiger partial charge in [-0.2, -0.15) is 0 Å². The lowest BCUT2D eigenvalue weighted by molar-refractivity contribution is -0.125. The van der Waals surface area contributed by atoms with Gasteiger partial charge in [-0.1, -0.05) is 12.1 Å². The van der Waals surface area contributed by atoms with Crippen molar-refractivity contribution in [3.8, 4) is 0 Å². The van der Waals surface area contributed by atoms with E-state index in [0.29, 0.717) is 12.6 Å². The number of amides is 1. The lowest BCUT2D eigenvalue weighted by atomic mass is 10.2. The molecule has 1 aliphatic carbocycles. The maximum Gasteiger partial charge on any atom is 0.237 e. The van der Waals surface area contributed by atoms with Gasteiger partial charge in [-0.05, 0) is 44.5 Å². The lowest BCUT2D eigenvalue weighted by Gasteiger charge is -2.23. The molecule has 0 saturated heterocycles. The molecular formula is C14H19FN2O. The van der Waals surface area contributed by atoms with E-state index in [4.69, 9.17) is 0 Å². The van der Waals surface area contributed by atoms with Crippen LogP contribution in [-0.4, -0.2) is 29.9 Å². The summed E-state index contributed by atoms with van der Waals surface area (Å²) in [5.41, 5.74) is 1.00. The van der Waals surface area contributed by atoms with Crippen LogP contribution in [0.5, 0.6) is 0 Å². The van der Waals surface area contributed by atoms with E-state index in [-0.39, 0.29) is 17.8 Å². The van der Waals surface area contributed by atoms with Gasteiger partial charge in [-0.15, -0.1) is 0 Å². The first-order chi connectivity index (χ1) is 8.56. The molecule has 2 rings (SSSR count). The summed E-state index contributed by atoms with van der Waals surface area (Å²) < 4.78 is 12.8. The number of carbonyl (C=O) groups is 1. The van der Waals surface area contributed by atoms with Crippen molar-refractivity contribution in [2.75, 3.05) is 7.05 Å². The number of hydrogen-bond donors (Lipinski definition) is 1. The van der Waals surface area contributed by atoms with E-state index in [2.05, 4.69) is 5.32 Å². The van der Waals surface area contributed by atoms with Crippen LogP contribution in [0.15, 0.2) is 24.3 Å². The van der Waals surface area contributed by atoms with Crippen LogP contribution in [0.25, 0.3) is 0 Å². The van der Waals surface area contributed by atoms with Crippen molar-refractivity contribution >= 4 is 5.91 Å². The number of rotatable bonds is 5. The van der Waals surface area contributed by atoms with Crippen LogP contribution < -0.4 is 5.32 Å². The van der Waals surface area contributed by atoms with Gasteiger partial charge in [0.15, 0.2) is 0 Å². The molecule has 0 unspecified atom stereocenters. The Morgan fingerprint density at radius 3 is 2.61 bits per heavy atom. The topological polar surface area (TPSA) is 32.3 Å². The SMILES string of the molecule is C[C@H](C(=O)NC1CC1)N(C)Cc1ccc(F)cc1. The molecule has 4 heteroatoms. The van der Waals surface area contributed by atoms with E-state index < -0.39 is 0 Å². The zero-order chi connectivity index (χ0) is 13.1. The van der Waals surface area contributed by atoms with Crippen molar-refractivity contribution in [2.24, 2.45) is 0 Å². The summed E-state index contributed by atoms with van der Waals surface area (Å²) in [7, 11) is 1.90. The molecule has 1 amide bonds. The Labute approximate surface area is 107 Å². The molecule has 1 atom stereocenters. The first kappa shape index (κ1) is 13.0. The molecule has 0 spiro atoms. The number of hydrogen-bond acceptors (Lipinski definition) is 2. The molecular weight excluding hydrogens is 231 g/mol. The van der Waals surface area contributed by atoms with Gasteiger partial charge < -0.3 is 5.32 Å². The zero-order valence-electron chi connectivity index (χ0n) is 10.8. The fraction of sp³-hybridized carbons (Fsp3) is 0.500. The predicted molar refractivity (Wildman–Crippen MR) is 68.5 cm³/mol. The highest BCUT2D eigenvalue weighted by molar-refractivity contribution is 5.81. The number of nitrogens with zero attached hydrogens (tertiary/aromatic N) is 1. The predicted octanol–water partition coefficient (Wildman–Crippen LogP) is 1.92. The Kier molecular flexibility index (Phi) is 3.97. The Bertz CT molecular complexity index is 414. The highest BCUT2D eigenvalue weighted by atomic mass is 19.1. The quantitative estimate of drug-likeness (QED) is 0.866. The molecule has 1 fully saturated rings. The smallest absolute Gasteiger partial charge is 0.237 e. The monoisotopic (exact) mass is 250 g/mol. The molecule has 1 saturated carbocycles. The van der Waals surface area contributed by atoms with E-state index in [9.17, 15) is 9.18 Å². The highest BCUT2D eigenvalue weighted by Crippen LogP contribution is 2.19. The van der Waals surface area contributed by atoms with E-state index in [0.717, 1.165) is 18.4 Å². The minimum absolute atomic E-state index is 0.0714. The zero-order valence-corrected chi connectivity index (χ0v) is 10.8. The van der Waals surface area contributed by atoms with E-state index in [1.165, 1.54) is 12.1 Å². The van der Waals surface area contributed by atoms with Gasteiger partial charge in [-0.3, -0.25) is 9.69 Å². The standard InChI is InChI=1S/C14H19FN2O/c1-10(14(18)16-13-7-8-13)17(2)9-11-3-5-12(15)6-4-11/h3-6,10,13H,7-9H2,1-2H3,(H,16,18)/t10-/m1/s1. The van der Waals surface area contributed by atoms with Gasteiger partial charge in [0.2, 0.25) is 5.91 Å². The summed E-state index contributed by atoms with van der Waals surface area (Å²) in [6.07, 6.45) is 2.19. The summed E-state index contributed by atoms with van der Waals surface area (Å²) in [6, 6.07) is 6.60. The Hall–Kier alpha value is -1.42. The second-order valence-electron chi connectivity index (χ2n) is 5.00. The lowest BCUT2D eigenvalue weighted by Crippen LogP contribution is -2.43. The van der Waals surface area contributed by atoms with Gasteiger partial charge in [0.05, 0.1) is 6.04 Å². The van der Waals surface area contributed by atoms with Crippen LogP contribution in [0.4, 0.5) is 4.39 Å². The van der Waals surface area contributed by atoms with Crippen molar-refractivity contribution in [3.05, 3.63) is 35.6 Å². The first-order valence-corrected chi connectivity index (χ1v) is 6.31. The minimum Gasteiger partial charge on any atom is -0.352 e. The van der Waals surface area contributed by atoms with Crippen LogP contribution >= 0.6 is 0 Å². The molecule has 98 valence electrons. The number of halogens is 1. The average molecular weight is 250 g/mol. The Morgan fingerprint density at radius 1 is 1.44 bits per heavy atom. The first-order valence-electron chi connectivity index (χ1n) is 6.31. The van der Waals surface area contributed by atoms with Crippen molar-refractivity contribution in [1.82, 2.24) is 10.2 Å². The molecule has 3 nitrogen and oxygen atoms in total. The number of carbonyl (C=O) groups excluding carboxylic acids is 1. The second kappa shape index (κ2) is 5.48. The molecule has 1 aliphatic rings. The second-order valence-corrected chi connectivity index (χ2v) is 5.00. The molecule has 1 aromatic rings. The third kappa shape index (κ3) is 3.53. The molecule has 0 radical (unpaired) electrons. The maximum absolute atomic E-state index is 12.8. The molecule has 18 heavy (non-hydrogen) atoms. The highest BCUT2D eigenvalue weighted by Gasteiger charge is 2.27. The number of nitrogens with one attached hydrogen (secondary N) is 1. The fourth-order valence-electron chi connectivity index (χ4n) is 1.76. The van der Waals surface area contributed by atoms with E-state index >= 15 is 0 Å². The minimum atomic E-state index is -0.235. The third-order valence-corrected chi connectivity index (χ3v) is 3.31. The molecule has 1 aromatic carbocycles. The van der Waals surface area contributed by atoms with Crippen molar-refractivity contribution in [2.45, 2.75) is 38.4 Å². The normalized spacial score (nSPS) is 16.7. The Morgan fingerprint density at radius 2 is 2.06 bits per heavy atom. The van der Waals surface area contributed by atoms with Crippen LogP contribution in [0, 0.1) is 5.82 Å². The summed E-state index contributed by atoms with van der Waals surface area (Å²) in [6.45, 7) is 2.53. The molecule has 0 heterocycles. The van der Waals surface area contributed by atoms with Gasteiger partial charge in [-0.25, -0.2) is 4.39 Å². The van der Waals surface area contributed by atoms with E-state index in [1.54, 1.807) is 12.1 Å². The summed E-state index contributed by atoms with van der Waals surface area (Å²) >= 11 is 0. The third-order valence-electron chi connectivity index (χ3n) is 3.31. The van der Waals surface area contributed by atoms with E-state index in [1.807, 2.05) is 18.9 Å². The summed E-state index contributed by atoms with van der Waals surface area (Å²) in [4.78, 5) is 13.8. The molecule has 0 aliphatic heterocycles. The van der Waals surface area contributed by atoms with Crippen LogP contribution in [0.3, 0.4) is 0 Å². The fourth-order valence-corrected chi connectivity index (χ4v) is 1.76. The largest absolute Gasteiger partial charge is 0.352 e. The summed E-state index contributed by atoms with van der Waals surface area (Å²) in [5.74, 6) is -0.164. The number of likely N-dealkylation sites (N-methyl/N-ethyl adjacent to an activating group) is 1. The molecule has 1 N–H and O–H groups in total. The van der Waals surface area contributed by atoms with Crippen LogP contribution in [0.2, 0.25) is 0 Å². The van der Waals surface area contributed by atoms with Gasteiger partial charge in [0.1, 0.15) is 5.82 Å². The van der Waals surface area contributed by atoms with Gasteiger partial charge in [0.25, 0.3) is 0 Å². The Balaban J connectivity index is 1.87. The van der Waals surface area contributed by atoms with Crippen LogP contribution in [-0.2, 0) is 11.3 Å². The van der Waals surface area contributed by atoms with Crippen molar-refractivity contribution in [1.29, 1.82) is 0 Å².